The summed E-state index contributed by atoms with van der Waals surface area (Å²) in [6, 6.07) is 13.7. The first-order valence-corrected chi connectivity index (χ1v) is 11.5. The second kappa shape index (κ2) is 12.0. The molecule has 176 valence electrons. The second-order valence-corrected chi connectivity index (χ2v) is 8.17. The molecule has 2 N–H and O–H groups in total. The van der Waals surface area contributed by atoms with Crippen molar-refractivity contribution in [1.29, 1.82) is 0 Å². The second-order valence-electron chi connectivity index (χ2n) is 8.17. The first-order valence-electron chi connectivity index (χ1n) is 11.5. The van der Waals surface area contributed by atoms with Gasteiger partial charge in [0.25, 0.3) is 0 Å². The number of aldehydes is 1. The standard InChI is InChI=1S/C26H28FN5O2/c27-22-5-3-21(4-6-22)23-7-8-24(26(32-23)30-17-20-2-1-12-28-16-20)31-25(18-33)29-13-9-19-10-14-34-15-11-19/h1-8,12,16,18-19H,9-11,13-15,17H2,(H,29,31)(H,30,32). The van der Waals surface area contributed by atoms with Gasteiger partial charge in [-0.1, -0.05) is 6.07 Å². The number of aromatic nitrogens is 2. The number of aliphatic imine (C=N–C) groups is 1. The van der Waals surface area contributed by atoms with E-state index in [1.165, 1.54) is 12.1 Å². The molecule has 0 amide bonds. The molecule has 1 aliphatic heterocycles. The maximum Gasteiger partial charge on any atom is 0.185 e. The monoisotopic (exact) mass is 461 g/mol. The van der Waals surface area contributed by atoms with Crippen molar-refractivity contribution < 1.29 is 13.9 Å². The molecule has 7 nitrogen and oxygen atoms in total. The van der Waals surface area contributed by atoms with Gasteiger partial charge in [0, 0.05) is 44.3 Å². The van der Waals surface area contributed by atoms with Gasteiger partial charge in [0.2, 0.25) is 0 Å². The highest BCUT2D eigenvalue weighted by atomic mass is 19.1. The molecule has 2 aromatic heterocycles. The van der Waals surface area contributed by atoms with Gasteiger partial charge in [-0.15, -0.1) is 0 Å². The predicted octanol–water partition coefficient (Wildman–Crippen LogP) is 4.72. The molecule has 0 saturated carbocycles. The number of nitrogens with zero attached hydrogens (tertiary/aromatic N) is 3. The number of carbonyl (C=O) groups excluding carboxylic acids is 1. The van der Waals surface area contributed by atoms with E-state index in [-0.39, 0.29) is 11.7 Å². The number of halogens is 1. The largest absolute Gasteiger partial charge is 0.381 e. The van der Waals surface area contributed by atoms with Crippen LogP contribution in [0.3, 0.4) is 0 Å². The van der Waals surface area contributed by atoms with Crippen LogP contribution in [0.1, 0.15) is 24.8 Å². The van der Waals surface area contributed by atoms with E-state index in [1.54, 1.807) is 24.5 Å². The average molecular weight is 462 g/mol. The molecular weight excluding hydrogens is 433 g/mol. The summed E-state index contributed by atoms with van der Waals surface area (Å²) in [5.41, 5.74) is 3.09. The van der Waals surface area contributed by atoms with E-state index in [4.69, 9.17) is 9.72 Å². The molecule has 1 aliphatic rings. The fourth-order valence-corrected chi connectivity index (χ4v) is 3.81. The molecule has 1 saturated heterocycles. The van der Waals surface area contributed by atoms with Crippen LogP contribution < -0.4 is 10.6 Å². The fraction of sp³-hybridized carbons (Fsp3) is 0.308. The third kappa shape index (κ3) is 6.68. The van der Waals surface area contributed by atoms with E-state index < -0.39 is 0 Å². The molecular formula is C26H28FN5O2. The Bertz CT molecular complexity index is 1100. The normalized spacial score (nSPS) is 14.6. The minimum atomic E-state index is -0.301. The highest BCUT2D eigenvalue weighted by molar-refractivity contribution is 6.33. The molecule has 3 heterocycles. The summed E-state index contributed by atoms with van der Waals surface area (Å²) >= 11 is 0. The third-order valence-electron chi connectivity index (χ3n) is 5.75. The zero-order valence-corrected chi connectivity index (χ0v) is 18.9. The number of hydrogen-bond acceptors (Lipinski definition) is 6. The van der Waals surface area contributed by atoms with Crippen LogP contribution in [0, 0.1) is 11.7 Å². The van der Waals surface area contributed by atoms with Crippen molar-refractivity contribution in [2.24, 2.45) is 10.9 Å². The Morgan fingerprint density at radius 2 is 1.97 bits per heavy atom. The summed E-state index contributed by atoms with van der Waals surface area (Å²) in [5, 5.41) is 6.43. The fourth-order valence-electron chi connectivity index (χ4n) is 3.81. The molecule has 1 aromatic carbocycles. The summed E-state index contributed by atoms with van der Waals surface area (Å²) < 4.78 is 18.8. The molecule has 0 bridgehead atoms. The van der Waals surface area contributed by atoms with Gasteiger partial charge in [0.05, 0.1) is 11.4 Å². The van der Waals surface area contributed by atoms with Crippen molar-refractivity contribution in [3.05, 3.63) is 72.3 Å². The van der Waals surface area contributed by atoms with Crippen molar-refractivity contribution in [3.8, 4) is 11.3 Å². The lowest BCUT2D eigenvalue weighted by Gasteiger charge is -2.21. The minimum absolute atomic E-state index is 0.257. The smallest absolute Gasteiger partial charge is 0.185 e. The molecule has 0 atom stereocenters. The van der Waals surface area contributed by atoms with E-state index in [1.807, 2.05) is 24.3 Å². The Hall–Kier alpha value is -3.65. The first-order chi connectivity index (χ1) is 16.7. The van der Waals surface area contributed by atoms with Crippen LogP contribution >= 0.6 is 0 Å². The summed E-state index contributed by atoms with van der Waals surface area (Å²) in [6.45, 7) is 2.67. The van der Waals surface area contributed by atoms with Gasteiger partial charge in [0.1, 0.15) is 5.82 Å². The highest BCUT2D eigenvalue weighted by Gasteiger charge is 2.14. The SMILES string of the molecule is O=CC(=NCCC1CCOCC1)Nc1ccc(-c2ccc(F)cc2)nc1NCc1cccnc1. The Kier molecular flexibility index (Phi) is 8.29. The van der Waals surface area contributed by atoms with Crippen LogP contribution in [0.15, 0.2) is 65.9 Å². The molecule has 0 aliphatic carbocycles. The molecule has 4 rings (SSSR count). The van der Waals surface area contributed by atoms with Crippen LogP contribution in [0.5, 0.6) is 0 Å². The van der Waals surface area contributed by atoms with E-state index in [2.05, 4.69) is 20.6 Å². The van der Waals surface area contributed by atoms with Crippen molar-refractivity contribution >= 4 is 23.6 Å². The number of pyridine rings is 2. The lowest BCUT2D eigenvalue weighted by Crippen LogP contribution is -2.19. The molecule has 0 radical (unpaired) electrons. The van der Waals surface area contributed by atoms with Crippen LogP contribution in [0.2, 0.25) is 0 Å². The van der Waals surface area contributed by atoms with Gasteiger partial charge in [-0.2, -0.15) is 0 Å². The molecule has 1 fully saturated rings. The number of amidine groups is 1. The summed E-state index contributed by atoms with van der Waals surface area (Å²) in [6.07, 6.45) is 7.22. The van der Waals surface area contributed by atoms with Crippen LogP contribution in [0.25, 0.3) is 11.3 Å². The maximum absolute atomic E-state index is 13.4. The van der Waals surface area contributed by atoms with E-state index in [0.717, 1.165) is 49.9 Å². The topological polar surface area (TPSA) is 88.5 Å². The van der Waals surface area contributed by atoms with Gasteiger partial charge < -0.3 is 15.4 Å². The Labute approximate surface area is 198 Å². The van der Waals surface area contributed by atoms with E-state index >= 15 is 0 Å². The van der Waals surface area contributed by atoms with E-state index in [9.17, 15) is 9.18 Å². The third-order valence-corrected chi connectivity index (χ3v) is 5.75. The number of rotatable bonds is 9. The molecule has 34 heavy (non-hydrogen) atoms. The molecule has 3 aromatic rings. The first kappa shape index (κ1) is 23.5. The van der Waals surface area contributed by atoms with Gasteiger partial charge in [-0.25, -0.2) is 9.37 Å². The maximum atomic E-state index is 13.4. The minimum Gasteiger partial charge on any atom is -0.381 e. The number of hydrogen-bond donors (Lipinski definition) is 2. The predicted molar refractivity (Wildman–Crippen MR) is 131 cm³/mol. The number of benzene rings is 1. The summed E-state index contributed by atoms with van der Waals surface area (Å²) in [7, 11) is 0. The Morgan fingerprint density at radius 1 is 1.15 bits per heavy atom. The molecule has 0 unspecified atom stereocenters. The van der Waals surface area contributed by atoms with Gasteiger partial charge in [0.15, 0.2) is 17.9 Å². The zero-order valence-electron chi connectivity index (χ0n) is 18.9. The number of anilines is 2. The van der Waals surface area contributed by atoms with Gasteiger partial charge in [-0.05, 0) is 73.2 Å². The van der Waals surface area contributed by atoms with Crippen molar-refractivity contribution in [1.82, 2.24) is 9.97 Å². The van der Waals surface area contributed by atoms with Crippen LogP contribution in [-0.2, 0) is 16.1 Å². The zero-order chi connectivity index (χ0) is 23.6. The number of nitrogens with one attached hydrogen (secondary N) is 2. The van der Waals surface area contributed by atoms with Crippen molar-refractivity contribution in [3.63, 3.8) is 0 Å². The number of carbonyl (C=O) groups is 1. The molecule has 8 heteroatoms. The summed E-state index contributed by atoms with van der Waals surface area (Å²) in [5.74, 6) is 1.10. The lowest BCUT2D eigenvalue weighted by atomic mass is 9.97. The Balaban J connectivity index is 1.51. The Morgan fingerprint density at radius 3 is 2.71 bits per heavy atom. The van der Waals surface area contributed by atoms with Crippen molar-refractivity contribution in [2.75, 3.05) is 30.4 Å². The van der Waals surface area contributed by atoms with Gasteiger partial charge in [-0.3, -0.25) is 14.8 Å². The molecule has 0 spiro atoms. The van der Waals surface area contributed by atoms with E-state index in [0.29, 0.717) is 36.2 Å². The van der Waals surface area contributed by atoms with Crippen molar-refractivity contribution in [2.45, 2.75) is 25.8 Å². The average Bonchev–Trinajstić information content (AvgIpc) is 2.89. The lowest BCUT2D eigenvalue weighted by molar-refractivity contribution is -0.102. The number of ether oxygens (including phenoxy) is 1. The highest BCUT2D eigenvalue weighted by Crippen LogP contribution is 2.26. The van der Waals surface area contributed by atoms with Crippen LogP contribution in [-0.4, -0.2) is 41.8 Å². The summed E-state index contributed by atoms with van der Waals surface area (Å²) in [4.78, 5) is 25.0. The quantitative estimate of drug-likeness (QED) is 0.272. The van der Waals surface area contributed by atoms with Gasteiger partial charge >= 0.3 is 0 Å². The van der Waals surface area contributed by atoms with Crippen LogP contribution in [0.4, 0.5) is 15.9 Å².